The molecule has 1 saturated carbocycles. The number of carboxylic acids is 1. The van der Waals surface area contributed by atoms with E-state index in [2.05, 4.69) is 4.79 Å². The lowest BCUT2D eigenvalue weighted by Gasteiger charge is -2.28. The van der Waals surface area contributed by atoms with Crippen LogP contribution in [-0.2, 0) is 9.59 Å². The second-order valence-corrected chi connectivity index (χ2v) is 3.57. The zero-order chi connectivity index (χ0) is 10.6. The molecule has 2 N–H and O–H groups in total. The second kappa shape index (κ2) is 4.15. The number of carbonyl (C=O) groups excluding carboxylic acids is 1. The molecule has 14 heavy (non-hydrogen) atoms. The predicted molar refractivity (Wildman–Crippen MR) is 47.2 cm³/mol. The molecule has 0 aromatic heterocycles. The van der Waals surface area contributed by atoms with Crippen LogP contribution in [-0.4, -0.2) is 27.9 Å². The van der Waals surface area contributed by atoms with Gasteiger partial charge in [-0.15, -0.1) is 0 Å². The molecule has 0 unspecified atom stereocenters. The zero-order valence-corrected chi connectivity index (χ0v) is 7.82. The van der Waals surface area contributed by atoms with Gasteiger partial charge in [0.1, 0.15) is 5.41 Å². The Morgan fingerprint density at radius 3 is 2.29 bits per heavy atom. The van der Waals surface area contributed by atoms with Gasteiger partial charge in [0.15, 0.2) is 0 Å². The summed E-state index contributed by atoms with van der Waals surface area (Å²) in [7, 11) is 0. The largest absolute Gasteiger partial charge is 0.480 e. The Kier molecular flexibility index (Phi) is 3.14. The van der Waals surface area contributed by atoms with Gasteiger partial charge in [-0.25, -0.2) is 0 Å². The average molecular weight is 197 g/mol. The molecular formula is C9H13N2O3+. The molecule has 0 bridgehead atoms. The molecule has 0 aromatic rings. The van der Waals surface area contributed by atoms with Crippen LogP contribution in [0.2, 0.25) is 0 Å². The second-order valence-electron chi connectivity index (χ2n) is 3.57. The van der Waals surface area contributed by atoms with Gasteiger partial charge in [0.05, 0.1) is 10.3 Å². The molecule has 0 spiro atoms. The Balaban J connectivity index is 2.96. The Morgan fingerprint density at radius 2 is 1.86 bits per heavy atom. The molecule has 0 radical (unpaired) electrons. The van der Waals surface area contributed by atoms with Gasteiger partial charge in [0, 0.05) is 0 Å². The third-order valence-electron chi connectivity index (χ3n) is 2.77. The van der Waals surface area contributed by atoms with Crippen LogP contribution < -0.4 is 0 Å². The number of ketones is 1. The molecule has 0 heterocycles. The number of nitrogens with zero attached hydrogens (tertiary/aromatic N) is 1. The van der Waals surface area contributed by atoms with Crippen LogP contribution in [0.3, 0.4) is 0 Å². The Hall–Kier alpha value is -1.48. The fourth-order valence-electron chi connectivity index (χ4n) is 1.90. The summed E-state index contributed by atoms with van der Waals surface area (Å²) in [6.07, 6.45) is 4.02. The van der Waals surface area contributed by atoms with Crippen LogP contribution in [0.1, 0.15) is 32.1 Å². The summed E-state index contributed by atoms with van der Waals surface area (Å²) in [6, 6.07) is 0. The highest BCUT2D eigenvalue weighted by atomic mass is 16.4. The van der Waals surface area contributed by atoms with E-state index in [0.29, 0.717) is 12.8 Å². The first-order chi connectivity index (χ1) is 6.63. The van der Waals surface area contributed by atoms with Crippen molar-refractivity contribution in [2.45, 2.75) is 32.1 Å². The van der Waals surface area contributed by atoms with Gasteiger partial charge in [0.2, 0.25) is 0 Å². The number of rotatable bonds is 3. The lowest BCUT2D eigenvalue weighted by Crippen LogP contribution is -2.41. The predicted octanol–water partition coefficient (Wildman–Crippen LogP) is 0.901. The molecule has 0 amide bonds. The highest BCUT2D eigenvalue weighted by molar-refractivity contribution is 6.32. The van der Waals surface area contributed by atoms with Gasteiger partial charge in [-0.3, -0.25) is 9.59 Å². The molecule has 76 valence electrons. The lowest BCUT2D eigenvalue weighted by atomic mass is 9.71. The highest BCUT2D eigenvalue weighted by Gasteiger charge is 2.47. The molecule has 0 aliphatic heterocycles. The van der Waals surface area contributed by atoms with E-state index >= 15 is 0 Å². The number of carboxylic acid groups (broad SMARTS) is 1. The molecule has 5 nitrogen and oxygen atoms in total. The van der Waals surface area contributed by atoms with Gasteiger partial charge >= 0.3 is 12.2 Å². The summed E-state index contributed by atoms with van der Waals surface area (Å²) in [5.41, 5.74) is 5.23. The van der Waals surface area contributed by atoms with E-state index in [1.165, 1.54) is 0 Å². The molecule has 0 atom stereocenters. The van der Waals surface area contributed by atoms with E-state index in [9.17, 15) is 9.59 Å². The van der Waals surface area contributed by atoms with Crippen LogP contribution in [0.25, 0.3) is 0 Å². The SMILES string of the molecule is N=[N+]=CC(=O)C1(C(=O)O)CCCCC1. The van der Waals surface area contributed by atoms with E-state index in [1.54, 1.807) is 0 Å². The smallest absolute Gasteiger partial charge is 0.373 e. The van der Waals surface area contributed by atoms with Crippen LogP contribution in [0.4, 0.5) is 0 Å². The summed E-state index contributed by atoms with van der Waals surface area (Å²) < 4.78 is 0. The summed E-state index contributed by atoms with van der Waals surface area (Å²) in [5.74, 6) is -1.62. The summed E-state index contributed by atoms with van der Waals surface area (Å²) >= 11 is 0. The molecule has 1 aliphatic carbocycles. The molecule has 0 saturated heterocycles. The Labute approximate surface area is 81.4 Å². The van der Waals surface area contributed by atoms with Gasteiger partial charge < -0.3 is 5.11 Å². The molecule has 1 aliphatic rings. The van der Waals surface area contributed by atoms with Crippen LogP contribution in [0.15, 0.2) is 0 Å². The number of Topliss-reactive ketones (excluding diaryl/α,β-unsaturated/α-hetero) is 1. The summed E-state index contributed by atoms with van der Waals surface area (Å²) in [5, 5.41) is 9.04. The lowest BCUT2D eigenvalue weighted by molar-refractivity contribution is -0.158. The Bertz CT molecular complexity index is 299. The summed E-state index contributed by atoms with van der Waals surface area (Å²) in [6.45, 7) is 0. The summed E-state index contributed by atoms with van der Waals surface area (Å²) in [4.78, 5) is 25.4. The maximum Gasteiger partial charge on any atom is 0.373 e. The number of hydrogen-bond acceptors (Lipinski definition) is 3. The minimum Gasteiger partial charge on any atom is -0.480 e. The van der Waals surface area contributed by atoms with Crippen molar-refractivity contribution in [3.05, 3.63) is 0 Å². The van der Waals surface area contributed by atoms with Crippen LogP contribution in [0, 0.1) is 10.9 Å². The Morgan fingerprint density at radius 1 is 1.29 bits per heavy atom. The maximum atomic E-state index is 11.5. The molecule has 0 aromatic carbocycles. The fraction of sp³-hybridized carbons (Fsp3) is 0.667. The van der Waals surface area contributed by atoms with Gasteiger partial charge in [0.25, 0.3) is 5.78 Å². The number of aliphatic carboxylic acids is 1. The van der Waals surface area contributed by atoms with Crippen molar-refractivity contribution in [1.82, 2.24) is 0 Å². The van der Waals surface area contributed by atoms with Crippen LogP contribution in [0.5, 0.6) is 0 Å². The van der Waals surface area contributed by atoms with Gasteiger partial charge in [-0.1, -0.05) is 19.3 Å². The number of nitrogens with one attached hydrogen (secondary N) is 1. The van der Waals surface area contributed by atoms with Crippen molar-refractivity contribution in [2.75, 3.05) is 0 Å². The van der Waals surface area contributed by atoms with Gasteiger partial charge in [-0.05, 0) is 12.8 Å². The normalized spacial score (nSPS) is 19.4. The standard InChI is InChI=1S/C9H12N2O3/c10-11-6-7(12)9(8(13)14)4-2-1-3-5-9/h6,10H,1-5H2/p+1. The first-order valence-corrected chi connectivity index (χ1v) is 4.61. The molecule has 1 rings (SSSR count). The van der Waals surface area contributed by atoms with Crippen molar-refractivity contribution in [3.63, 3.8) is 0 Å². The topological polar surface area (TPSA) is 92.3 Å². The van der Waals surface area contributed by atoms with Crippen molar-refractivity contribution < 1.29 is 19.5 Å². The monoisotopic (exact) mass is 197 g/mol. The molecule has 5 heteroatoms. The van der Waals surface area contributed by atoms with Gasteiger partial charge in [-0.2, -0.15) is 0 Å². The van der Waals surface area contributed by atoms with Crippen molar-refractivity contribution >= 4 is 18.0 Å². The van der Waals surface area contributed by atoms with E-state index in [-0.39, 0.29) is 0 Å². The minimum absolute atomic E-state index is 0.368. The first kappa shape index (κ1) is 10.6. The van der Waals surface area contributed by atoms with E-state index < -0.39 is 17.2 Å². The quantitative estimate of drug-likeness (QED) is 0.304. The fourth-order valence-corrected chi connectivity index (χ4v) is 1.90. The van der Waals surface area contributed by atoms with Crippen molar-refractivity contribution in [2.24, 2.45) is 5.41 Å². The van der Waals surface area contributed by atoms with E-state index in [1.807, 2.05) is 0 Å². The minimum atomic E-state index is -1.30. The average Bonchev–Trinajstić information content (AvgIpc) is 2.19. The first-order valence-electron chi connectivity index (χ1n) is 4.61. The zero-order valence-electron chi connectivity index (χ0n) is 7.82. The number of hydrogen-bond donors (Lipinski definition) is 2. The molecule has 1 fully saturated rings. The van der Waals surface area contributed by atoms with Crippen LogP contribution >= 0.6 is 0 Å². The number of carbonyl (C=O) groups is 2. The van der Waals surface area contributed by atoms with E-state index in [0.717, 1.165) is 25.5 Å². The third-order valence-corrected chi connectivity index (χ3v) is 2.77. The van der Waals surface area contributed by atoms with E-state index in [4.69, 9.17) is 10.6 Å². The molecular weight excluding hydrogens is 184 g/mol. The highest BCUT2D eigenvalue weighted by Crippen LogP contribution is 2.36. The third kappa shape index (κ3) is 1.72. The van der Waals surface area contributed by atoms with Crippen molar-refractivity contribution in [3.8, 4) is 0 Å². The maximum absolute atomic E-state index is 11.5. The van der Waals surface area contributed by atoms with Crippen molar-refractivity contribution in [1.29, 1.82) is 5.53 Å².